The molecular formula is C15H18Cl3NO2. The molecule has 1 N–H and O–H groups in total. The zero-order valence-electron chi connectivity index (χ0n) is 12.0. The van der Waals surface area contributed by atoms with Crippen LogP contribution in [0.4, 0.5) is 0 Å². The molecule has 116 valence electrons. The van der Waals surface area contributed by atoms with Crippen LogP contribution in [0.15, 0.2) is 12.1 Å². The first-order valence-electron chi connectivity index (χ1n) is 6.83. The van der Waals surface area contributed by atoms with Crippen LogP contribution in [0.3, 0.4) is 0 Å². The van der Waals surface area contributed by atoms with Crippen molar-refractivity contribution in [3.8, 4) is 5.75 Å². The first-order valence-corrected chi connectivity index (χ1v) is 7.97. The van der Waals surface area contributed by atoms with Crippen molar-refractivity contribution in [2.75, 3.05) is 6.61 Å². The largest absolute Gasteiger partial charge is 0.482 e. The van der Waals surface area contributed by atoms with Gasteiger partial charge in [-0.25, -0.2) is 0 Å². The summed E-state index contributed by atoms with van der Waals surface area (Å²) in [5.41, 5.74) is 0.297. The number of nitrogens with one attached hydrogen (secondary N) is 1. The van der Waals surface area contributed by atoms with Gasteiger partial charge in [0.1, 0.15) is 5.75 Å². The molecule has 1 unspecified atom stereocenters. The molecule has 1 amide bonds. The number of hydrogen-bond donors (Lipinski definition) is 1. The van der Waals surface area contributed by atoms with Crippen LogP contribution in [0.2, 0.25) is 15.1 Å². The highest BCUT2D eigenvalue weighted by molar-refractivity contribution is 6.43. The smallest absolute Gasteiger partial charge is 0.258 e. The van der Waals surface area contributed by atoms with Crippen molar-refractivity contribution in [3.05, 3.63) is 27.2 Å². The maximum absolute atomic E-state index is 11.9. The lowest BCUT2D eigenvalue weighted by atomic mass is 9.92. The van der Waals surface area contributed by atoms with Crippen molar-refractivity contribution >= 4 is 40.7 Å². The summed E-state index contributed by atoms with van der Waals surface area (Å²) >= 11 is 17.7. The van der Waals surface area contributed by atoms with Crippen LogP contribution in [0.5, 0.6) is 5.75 Å². The fourth-order valence-electron chi connectivity index (χ4n) is 2.59. The van der Waals surface area contributed by atoms with E-state index in [0.29, 0.717) is 26.2 Å². The Kier molecular flexibility index (Phi) is 5.29. The van der Waals surface area contributed by atoms with Crippen LogP contribution < -0.4 is 10.1 Å². The summed E-state index contributed by atoms with van der Waals surface area (Å²) in [6.45, 7) is 4.34. The standard InChI is InChI=1S/C15H18Cl3NO2/c1-15(2)4-3-9(7-15)19-14(20)8-21-13-6-11(17)10(16)5-12(13)18/h5-6,9H,3-4,7-8H2,1-2H3,(H,19,20). The van der Waals surface area contributed by atoms with Crippen molar-refractivity contribution in [2.45, 2.75) is 39.2 Å². The van der Waals surface area contributed by atoms with E-state index in [4.69, 9.17) is 39.5 Å². The Labute approximate surface area is 139 Å². The van der Waals surface area contributed by atoms with Crippen LogP contribution in [-0.2, 0) is 4.79 Å². The monoisotopic (exact) mass is 349 g/mol. The quantitative estimate of drug-likeness (QED) is 0.798. The second-order valence-electron chi connectivity index (χ2n) is 6.16. The van der Waals surface area contributed by atoms with Crippen molar-refractivity contribution in [1.29, 1.82) is 0 Å². The third-order valence-corrected chi connectivity index (χ3v) is 4.68. The molecule has 0 aliphatic heterocycles. The van der Waals surface area contributed by atoms with E-state index in [0.717, 1.165) is 19.3 Å². The molecule has 6 heteroatoms. The fourth-order valence-corrected chi connectivity index (χ4v) is 3.18. The number of ether oxygens (including phenoxy) is 1. The van der Waals surface area contributed by atoms with Gasteiger partial charge >= 0.3 is 0 Å². The van der Waals surface area contributed by atoms with Gasteiger partial charge in [0, 0.05) is 12.1 Å². The summed E-state index contributed by atoms with van der Waals surface area (Å²) in [5.74, 6) is 0.202. The third kappa shape index (κ3) is 4.67. The minimum atomic E-state index is -0.153. The van der Waals surface area contributed by atoms with Crippen molar-refractivity contribution < 1.29 is 9.53 Å². The van der Waals surface area contributed by atoms with Crippen LogP contribution in [0.25, 0.3) is 0 Å². The van der Waals surface area contributed by atoms with E-state index >= 15 is 0 Å². The molecule has 1 aliphatic carbocycles. The summed E-state index contributed by atoms with van der Waals surface area (Å²) in [6.07, 6.45) is 3.12. The van der Waals surface area contributed by atoms with Crippen molar-refractivity contribution in [3.63, 3.8) is 0 Å². The number of rotatable bonds is 4. The molecular weight excluding hydrogens is 333 g/mol. The molecule has 0 aromatic heterocycles. The Bertz CT molecular complexity index is 546. The summed E-state index contributed by atoms with van der Waals surface area (Å²) in [7, 11) is 0. The molecule has 1 aliphatic rings. The van der Waals surface area contributed by atoms with E-state index in [9.17, 15) is 4.79 Å². The second-order valence-corrected chi connectivity index (χ2v) is 7.38. The van der Waals surface area contributed by atoms with E-state index in [1.54, 1.807) is 0 Å². The number of halogens is 3. The average Bonchev–Trinajstić information content (AvgIpc) is 2.71. The Morgan fingerprint density at radius 2 is 1.95 bits per heavy atom. The molecule has 1 aromatic carbocycles. The van der Waals surface area contributed by atoms with E-state index < -0.39 is 0 Å². The van der Waals surface area contributed by atoms with E-state index in [1.165, 1.54) is 12.1 Å². The van der Waals surface area contributed by atoms with Gasteiger partial charge in [0.15, 0.2) is 6.61 Å². The van der Waals surface area contributed by atoms with Gasteiger partial charge < -0.3 is 10.1 Å². The number of hydrogen-bond acceptors (Lipinski definition) is 2. The van der Waals surface area contributed by atoms with E-state index in [2.05, 4.69) is 19.2 Å². The molecule has 0 saturated heterocycles. The Morgan fingerprint density at radius 3 is 2.57 bits per heavy atom. The first kappa shape index (κ1) is 16.7. The second kappa shape index (κ2) is 6.64. The lowest BCUT2D eigenvalue weighted by molar-refractivity contribution is -0.123. The third-order valence-electron chi connectivity index (χ3n) is 3.67. The lowest BCUT2D eigenvalue weighted by Gasteiger charge is -2.18. The Balaban J connectivity index is 1.86. The maximum atomic E-state index is 11.9. The molecule has 3 nitrogen and oxygen atoms in total. The minimum absolute atomic E-state index is 0.0887. The van der Waals surface area contributed by atoms with Crippen LogP contribution in [-0.4, -0.2) is 18.6 Å². The summed E-state index contributed by atoms with van der Waals surface area (Å²) < 4.78 is 5.41. The van der Waals surface area contributed by atoms with Gasteiger partial charge in [-0.1, -0.05) is 48.7 Å². The average molecular weight is 351 g/mol. The zero-order chi connectivity index (χ0) is 15.6. The summed E-state index contributed by atoms with van der Waals surface area (Å²) in [4.78, 5) is 11.9. The maximum Gasteiger partial charge on any atom is 0.258 e. The normalized spacial score (nSPS) is 20.3. The topological polar surface area (TPSA) is 38.3 Å². The van der Waals surface area contributed by atoms with Gasteiger partial charge in [-0.05, 0) is 30.7 Å². The molecule has 0 bridgehead atoms. The summed E-state index contributed by atoms with van der Waals surface area (Å²) in [5, 5.41) is 4.01. The van der Waals surface area contributed by atoms with Gasteiger partial charge in [-0.15, -0.1) is 0 Å². The number of benzene rings is 1. The number of carbonyl (C=O) groups is 1. The Hall–Kier alpha value is -0.640. The number of amides is 1. The van der Waals surface area contributed by atoms with Crippen LogP contribution >= 0.6 is 34.8 Å². The van der Waals surface area contributed by atoms with Gasteiger partial charge in [-0.2, -0.15) is 0 Å². The predicted molar refractivity (Wildman–Crippen MR) is 86.5 cm³/mol. The Morgan fingerprint density at radius 1 is 1.29 bits per heavy atom. The van der Waals surface area contributed by atoms with Gasteiger partial charge in [0.25, 0.3) is 5.91 Å². The highest BCUT2D eigenvalue weighted by Crippen LogP contribution is 2.37. The van der Waals surface area contributed by atoms with Crippen molar-refractivity contribution in [2.24, 2.45) is 5.41 Å². The van der Waals surface area contributed by atoms with Gasteiger partial charge in [0.05, 0.1) is 15.1 Å². The van der Waals surface area contributed by atoms with Crippen LogP contribution in [0, 0.1) is 5.41 Å². The molecule has 21 heavy (non-hydrogen) atoms. The molecule has 0 heterocycles. The minimum Gasteiger partial charge on any atom is -0.482 e. The highest BCUT2D eigenvalue weighted by atomic mass is 35.5. The molecule has 1 aromatic rings. The lowest BCUT2D eigenvalue weighted by Crippen LogP contribution is -2.36. The first-order chi connectivity index (χ1) is 9.77. The van der Waals surface area contributed by atoms with Crippen LogP contribution in [0.1, 0.15) is 33.1 Å². The fraction of sp³-hybridized carbons (Fsp3) is 0.533. The highest BCUT2D eigenvalue weighted by Gasteiger charge is 2.31. The number of carbonyl (C=O) groups excluding carboxylic acids is 1. The molecule has 2 rings (SSSR count). The SMILES string of the molecule is CC1(C)CCC(NC(=O)COc2cc(Cl)c(Cl)cc2Cl)C1. The molecule has 1 atom stereocenters. The summed E-state index contributed by atoms with van der Waals surface area (Å²) in [6, 6.07) is 3.23. The molecule has 0 radical (unpaired) electrons. The molecule has 1 fully saturated rings. The van der Waals surface area contributed by atoms with E-state index in [1.807, 2.05) is 0 Å². The van der Waals surface area contributed by atoms with E-state index in [-0.39, 0.29) is 18.6 Å². The molecule has 1 saturated carbocycles. The van der Waals surface area contributed by atoms with Gasteiger partial charge in [0.2, 0.25) is 0 Å². The zero-order valence-corrected chi connectivity index (χ0v) is 14.3. The molecule has 0 spiro atoms. The van der Waals surface area contributed by atoms with Crippen molar-refractivity contribution in [1.82, 2.24) is 5.32 Å². The van der Waals surface area contributed by atoms with Gasteiger partial charge in [-0.3, -0.25) is 4.79 Å². The predicted octanol–water partition coefficient (Wildman–Crippen LogP) is 4.72.